The Morgan fingerprint density at radius 2 is 0.667 bits per heavy atom. The third kappa shape index (κ3) is 5.67. The van der Waals surface area contributed by atoms with Crippen LogP contribution in [0.4, 0.5) is 17.1 Å². The standard InChI is InChI=1S/C33H22Br2N4/c34-26-13-19-29(20-14-26)39(30-21-15-27(35)16-22-30)28-17-11-25(12-18-28)33-37-31(23-7-3-1-4-8-23)36-32(38-33)24-9-5-2-6-10-24/h1-22H. The number of hydrogen-bond acceptors (Lipinski definition) is 4. The van der Waals surface area contributed by atoms with Crippen LogP contribution in [0.15, 0.2) is 142 Å². The molecule has 0 N–H and O–H groups in total. The van der Waals surface area contributed by atoms with E-state index in [4.69, 9.17) is 15.0 Å². The Morgan fingerprint density at radius 3 is 1.03 bits per heavy atom. The molecule has 0 aliphatic heterocycles. The summed E-state index contributed by atoms with van der Waals surface area (Å²) in [6.45, 7) is 0. The Labute approximate surface area is 244 Å². The minimum Gasteiger partial charge on any atom is -0.311 e. The zero-order valence-electron chi connectivity index (χ0n) is 20.7. The van der Waals surface area contributed by atoms with Gasteiger partial charge in [-0.3, -0.25) is 0 Å². The highest BCUT2D eigenvalue weighted by atomic mass is 79.9. The van der Waals surface area contributed by atoms with E-state index in [0.29, 0.717) is 17.5 Å². The number of nitrogens with zero attached hydrogens (tertiary/aromatic N) is 4. The fraction of sp³-hybridized carbons (Fsp3) is 0. The summed E-state index contributed by atoms with van der Waals surface area (Å²) in [5.74, 6) is 1.93. The molecule has 0 fully saturated rings. The number of rotatable bonds is 6. The molecule has 0 bridgehead atoms. The molecule has 0 saturated carbocycles. The van der Waals surface area contributed by atoms with Crippen LogP contribution in [-0.4, -0.2) is 15.0 Å². The van der Waals surface area contributed by atoms with Gasteiger partial charge in [0.15, 0.2) is 17.5 Å². The molecule has 1 aromatic heterocycles. The van der Waals surface area contributed by atoms with Gasteiger partial charge in [0.25, 0.3) is 0 Å². The van der Waals surface area contributed by atoms with Crippen LogP contribution in [0.1, 0.15) is 0 Å². The van der Waals surface area contributed by atoms with Gasteiger partial charge in [-0.2, -0.15) is 0 Å². The molecule has 0 unspecified atom stereocenters. The lowest BCUT2D eigenvalue weighted by atomic mass is 10.1. The molecular weight excluding hydrogens is 612 g/mol. The van der Waals surface area contributed by atoms with Crippen molar-refractivity contribution in [3.63, 3.8) is 0 Å². The van der Waals surface area contributed by atoms with Gasteiger partial charge in [0.2, 0.25) is 0 Å². The quantitative estimate of drug-likeness (QED) is 0.183. The molecule has 0 radical (unpaired) electrons. The molecular formula is C33H22Br2N4. The summed E-state index contributed by atoms with van der Waals surface area (Å²) in [5, 5.41) is 0. The molecule has 4 nitrogen and oxygen atoms in total. The zero-order valence-corrected chi connectivity index (χ0v) is 23.9. The molecule has 5 aromatic carbocycles. The van der Waals surface area contributed by atoms with E-state index in [9.17, 15) is 0 Å². The molecule has 1 heterocycles. The summed E-state index contributed by atoms with van der Waals surface area (Å²) in [6, 6.07) is 45.0. The fourth-order valence-corrected chi connectivity index (χ4v) is 4.85. The van der Waals surface area contributed by atoms with Crippen LogP contribution in [-0.2, 0) is 0 Å². The van der Waals surface area contributed by atoms with Crippen molar-refractivity contribution < 1.29 is 0 Å². The first-order valence-electron chi connectivity index (χ1n) is 12.4. The fourth-order valence-electron chi connectivity index (χ4n) is 4.32. The van der Waals surface area contributed by atoms with Crippen molar-refractivity contribution in [2.45, 2.75) is 0 Å². The van der Waals surface area contributed by atoms with Gasteiger partial charge < -0.3 is 4.90 Å². The molecule has 6 heteroatoms. The third-order valence-corrected chi connectivity index (χ3v) is 7.31. The highest BCUT2D eigenvalue weighted by Crippen LogP contribution is 2.36. The smallest absolute Gasteiger partial charge is 0.164 e. The molecule has 0 amide bonds. The monoisotopic (exact) mass is 632 g/mol. The van der Waals surface area contributed by atoms with Crippen molar-refractivity contribution in [3.8, 4) is 34.2 Å². The second kappa shape index (κ2) is 11.3. The number of aromatic nitrogens is 3. The maximum Gasteiger partial charge on any atom is 0.164 e. The molecule has 39 heavy (non-hydrogen) atoms. The first kappa shape index (κ1) is 25.2. The molecule has 6 rings (SSSR count). The van der Waals surface area contributed by atoms with Crippen molar-refractivity contribution >= 4 is 48.9 Å². The Hall–Kier alpha value is -4.13. The van der Waals surface area contributed by atoms with Crippen molar-refractivity contribution in [1.29, 1.82) is 0 Å². The summed E-state index contributed by atoms with van der Waals surface area (Å²) in [4.78, 5) is 16.8. The van der Waals surface area contributed by atoms with Gasteiger partial charge in [-0.05, 0) is 72.8 Å². The average Bonchev–Trinajstić information content (AvgIpc) is 3.00. The van der Waals surface area contributed by atoms with Gasteiger partial charge in [0, 0.05) is 42.7 Å². The van der Waals surface area contributed by atoms with Gasteiger partial charge >= 0.3 is 0 Å². The molecule has 0 spiro atoms. The molecule has 0 atom stereocenters. The van der Waals surface area contributed by atoms with Gasteiger partial charge in [-0.25, -0.2) is 15.0 Å². The molecule has 188 valence electrons. The highest BCUT2D eigenvalue weighted by Gasteiger charge is 2.15. The summed E-state index contributed by atoms with van der Waals surface area (Å²) in [7, 11) is 0. The van der Waals surface area contributed by atoms with E-state index in [1.165, 1.54) is 0 Å². The van der Waals surface area contributed by atoms with Crippen molar-refractivity contribution in [3.05, 3.63) is 142 Å². The van der Waals surface area contributed by atoms with E-state index in [0.717, 1.165) is 42.7 Å². The first-order chi connectivity index (χ1) is 19.1. The number of hydrogen-bond donors (Lipinski definition) is 0. The topological polar surface area (TPSA) is 41.9 Å². The number of benzene rings is 5. The molecule has 6 aromatic rings. The first-order valence-corrected chi connectivity index (χ1v) is 14.0. The second-order valence-corrected chi connectivity index (χ2v) is 10.7. The zero-order chi connectivity index (χ0) is 26.6. The van der Waals surface area contributed by atoms with Gasteiger partial charge in [-0.1, -0.05) is 92.5 Å². The number of halogens is 2. The third-order valence-electron chi connectivity index (χ3n) is 6.25. The van der Waals surface area contributed by atoms with E-state index in [1.807, 2.05) is 60.7 Å². The summed E-state index contributed by atoms with van der Waals surface area (Å²) in [5.41, 5.74) is 5.97. The lowest BCUT2D eigenvalue weighted by molar-refractivity contribution is 1.07. The van der Waals surface area contributed by atoms with E-state index in [1.54, 1.807) is 0 Å². The normalized spacial score (nSPS) is 10.8. The van der Waals surface area contributed by atoms with E-state index >= 15 is 0 Å². The van der Waals surface area contributed by atoms with Gasteiger partial charge in [0.1, 0.15) is 0 Å². The second-order valence-electron chi connectivity index (χ2n) is 8.87. The lowest BCUT2D eigenvalue weighted by Gasteiger charge is -2.25. The van der Waals surface area contributed by atoms with Gasteiger partial charge in [-0.15, -0.1) is 0 Å². The van der Waals surface area contributed by atoms with E-state index in [2.05, 4.69) is 110 Å². The van der Waals surface area contributed by atoms with Crippen LogP contribution >= 0.6 is 31.9 Å². The Kier molecular flexibility index (Phi) is 7.30. The lowest BCUT2D eigenvalue weighted by Crippen LogP contribution is -2.09. The highest BCUT2D eigenvalue weighted by molar-refractivity contribution is 9.10. The predicted octanol–water partition coefficient (Wildman–Crippen LogP) is 9.87. The SMILES string of the molecule is Brc1ccc(N(c2ccc(Br)cc2)c2ccc(-c3nc(-c4ccccc4)nc(-c4ccccc4)n3)cc2)cc1. The predicted molar refractivity (Wildman–Crippen MR) is 166 cm³/mol. The number of anilines is 3. The summed E-state index contributed by atoms with van der Waals surface area (Å²) < 4.78 is 2.08. The van der Waals surface area contributed by atoms with Crippen LogP contribution in [0, 0.1) is 0 Å². The molecule has 0 saturated heterocycles. The van der Waals surface area contributed by atoms with E-state index < -0.39 is 0 Å². The van der Waals surface area contributed by atoms with Crippen LogP contribution < -0.4 is 4.90 Å². The Morgan fingerprint density at radius 1 is 0.359 bits per heavy atom. The Balaban J connectivity index is 1.43. The van der Waals surface area contributed by atoms with Crippen LogP contribution in [0.2, 0.25) is 0 Å². The average molecular weight is 634 g/mol. The van der Waals surface area contributed by atoms with Crippen molar-refractivity contribution in [1.82, 2.24) is 15.0 Å². The van der Waals surface area contributed by atoms with Crippen molar-refractivity contribution in [2.24, 2.45) is 0 Å². The van der Waals surface area contributed by atoms with E-state index in [-0.39, 0.29) is 0 Å². The largest absolute Gasteiger partial charge is 0.311 e. The summed E-state index contributed by atoms with van der Waals surface area (Å²) in [6.07, 6.45) is 0. The van der Waals surface area contributed by atoms with Gasteiger partial charge in [0.05, 0.1) is 0 Å². The van der Waals surface area contributed by atoms with Crippen LogP contribution in [0.3, 0.4) is 0 Å². The van der Waals surface area contributed by atoms with Crippen LogP contribution in [0.25, 0.3) is 34.2 Å². The molecule has 0 aliphatic rings. The molecule has 0 aliphatic carbocycles. The maximum absolute atomic E-state index is 4.86. The minimum absolute atomic E-state index is 0.632. The van der Waals surface area contributed by atoms with Crippen molar-refractivity contribution in [2.75, 3.05) is 4.90 Å². The summed E-state index contributed by atoms with van der Waals surface area (Å²) >= 11 is 7.11. The Bertz CT molecular complexity index is 1590. The van der Waals surface area contributed by atoms with Crippen LogP contribution in [0.5, 0.6) is 0 Å². The maximum atomic E-state index is 4.86. The minimum atomic E-state index is 0.632.